The van der Waals surface area contributed by atoms with Crippen LogP contribution in [0.4, 0.5) is 10.1 Å². The van der Waals surface area contributed by atoms with Crippen molar-refractivity contribution in [3.8, 4) is 0 Å². The summed E-state index contributed by atoms with van der Waals surface area (Å²) in [5.74, 6) is -0.372. The molecule has 0 aromatic heterocycles. The van der Waals surface area contributed by atoms with Crippen LogP contribution >= 0.6 is 0 Å². The Morgan fingerprint density at radius 2 is 1.75 bits per heavy atom. The van der Waals surface area contributed by atoms with Gasteiger partial charge < -0.3 is 10.8 Å². The van der Waals surface area contributed by atoms with Crippen LogP contribution in [0, 0.1) is 5.82 Å². The van der Waals surface area contributed by atoms with E-state index in [1.807, 2.05) is 35.2 Å². The average molecular weight is 274 g/mol. The van der Waals surface area contributed by atoms with Gasteiger partial charge in [0.15, 0.2) is 5.82 Å². The first kappa shape index (κ1) is 14.5. The van der Waals surface area contributed by atoms with E-state index in [4.69, 9.17) is 10.8 Å². The van der Waals surface area contributed by atoms with Gasteiger partial charge in [-0.05, 0) is 11.6 Å². The second-order valence-corrected chi connectivity index (χ2v) is 4.74. The molecule has 0 saturated carbocycles. The van der Waals surface area contributed by atoms with Gasteiger partial charge in [0.2, 0.25) is 0 Å². The molecule has 0 saturated heterocycles. The number of benzene rings is 2. The highest BCUT2D eigenvalue weighted by molar-refractivity contribution is 5.42. The average Bonchev–Trinajstić information content (AvgIpc) is 2.45. The number of anilines is 1. The Morgan fingerprint density at radius 1 is 1.00 bits per heavy atom. The Kier molecular flexibility index (Phi) is 5.09. The summed E-state index contributed by atoms with van der Waals surface area (Å²) >= 11 is 0. The van der Waals surface area contributed by atoms with Crippen molar-refractivity contribution in [2.45, 2.75) is 13.1 Å². The lowest BCUT2D eigenvalue weighted by Gasteiger charge is -2.22. The van der Waals surface area contributed by atoms with Gasteiger partial charge in [-0.1, -0.05) is 42.5 Å². The molecule has 0 atom stereocenters. The van der Waals surface area contributed by atoms with Gasteiger partial charge in [0.05, 0.1) is 12.3 Å². The first-order valence-electron chi connectivity index (χ1n) is 6.60. The Morgan fingerprint density at radius 3 is 2.45 bits per heavy atom. The first-order valence-corrected chi connectivity index (χ1v) is 6.60. The summed E-state index contributed by atoms with van der Waals surface area (Å²) in [5, 5.41) is 9.16. The summed E-state index contributed by atoms with van der Waals surface area (Å²) in [5.41, 5.74) is 7.42. The third kappa shape index (κ3) is 3.79. The normalized spacial score (nSPS) is 10.9. The number of nitrogens with zero attached hydrogens (tertiary/aromatic N) is 1. The third-order valence-electron chi connectivity index (χ3n) is 3.17. The number of hydrogen-bond acceptors (Lipinski definition) is 3. The molecule has 20 heavy (non-hydrogen) atoms. The van der Waals surface area contributed by atoms with Crippen LogP contribution in [0.5, 0.6) is 0 Å². The predicted octanol–water partition coefficient (Wildman–Crippen LogP) is 2.40. The van der Waals surface area contributed by atoms with Crippen molar-refractivity contribution < 1.29 is 9.50 Å². The number of nitrogens with two attached hydrogens (primary N) is 1. The van der Waals surface area contributed by atoms with Gasteiger partial charge in [0.1, 0.15) is 0 Å². The van der Waals surface area contributed by atoms with Gasteiger partial charge in [0, 0.05) is 25.2 Å². The fourth-order valence-corrected chi connectivity index (χ4v) is 2.16. The molecule has 2 aromatic rings. The molecule has 0 spiro atoms. The maximum absolute atomic E-state index is 13.9. The summed E-state index contributed by atoms with van der Waals surface area (Å²) in [6, 6.07) is 14.9. The predicted molar refractivity (Wildman–Crippen MR) is 78.5 cm³/mol. The van der Waals surface area contributed by atoms with Gasteiger partial charge >= 0.3 is 0 Å². The Balaban J connectivity index is 2.11. The fourth-order valence-electron chi connectivity index (χ4n) is 2.16. The van der Waals surface area contributed by atoms with Crippen LogP contribution in [0.3, 0.4) is 0 Å². The number of nitrogen functional groups attached to an aromatic ring is 1. The fraction of sp³-hybridized carbons (Fsp3) is 0.250. The van der Waals surface area contributed by atoms with E-state index < -0.39 is 0 Å². The summed E-state index contributed by atoms with van der Waals surface area (Å²) < 4.78 is 13.9. The van der Waals surface area contributed by atoms with Crippen LogP contribution in [0.2, 0.25) is 0 Å². The largest absolute Gasteiger partial charge is 0.396 e. The molecule has 0 bridgehead atoms. The molecule has 0 aliphatic heterocycles. The highest BCUT2D eigenvalue weighted by atomic mass is 19.1. The minimum atomic E-state index is -0.372. The Hall–Kier alpha value is -1.91. The van der Waals surface area contributed by atoms with E-state index in [2.05, 4.69) is 0 Å². The van der Waals surface area contributed by atoms with Crippen molar-refractivity contribution in [3.05, 3.63) is 65.5 Å². The molecule has 0 aliphatic rings. The van der Waals surface area contributed by atoms with Gasteiger partial charge in [-0.25, -0.2) is 4.39 Å². The minimum absolute atomic E-state index is 0.0385. The maximum atomic E-state index is 13.9. The van der Waals surface area contributed by atoms with E-state index in [9.17, 15) is 4.39 Å². The molecule has 3 nitrogen and oxygen atoms in total. The third-order valence-corrected chi connectivity index (χ3v) is 3.17. The lowest BCUT2D eigenvalue weighted by Crippen LogP contribution is -2.26. The van der Waals surface area contributed by atoms with Gasteiger partial charge in [-0.15, -0.1) is 0 Å². The summed E-state index contributed by atoms with van der Waals surface area (Å²) in [6.45, 7) is 1.61. The lowest BCUT2D eigenvalue weighted by atomic mass is 10.1. The molecule has 2 rings (SSSR count). The van der Waals surface area contributed by atoms with E-state index in [0.29, 0.717) is 25.2 Å². The van der Waals surface area contributed by atoms with E-state index in [1.54, 1.807) is 18.2 Å². The maximum Gasteiger partial charge on any atom is 0.150 e. The Labute approximate surface area is 118 Å². The zero-order valence-corrected chi connectivity index (χ0v) is 11.3. The molecule has 0 fully saturated rings. The topological polar surface area (TPSA) is 49.5 Å². The van der Waals surface area contributed by atoms with Crippen LogP contribution in [0.1, 0.15) is 11.1 Å². The number of aliphatic hydroxyl groups excluding tert-OH is 1. The lowest BCUT2D eigenvalue weighted by molar-refractivity contribution is 0.183. The van der Waals surface area contributed by atoms with Crippen LogP contribution in [0.25, 0.3) is 0 Å². The highest BCUT2D eigenvalue weighted by Crippen LogP contribution is 2.17. The molecule has 106 valence electrons. The van der Waals surface area contributed by atoms with E-state index in [-0.39, 0.29) is 18.1 Å². The van der Waals surface area contributed by atoms with E-state index in [0.717, 1.165) is 5.56 Å². The smallest absolute Gasteiger partial charge is 0.150 e. The number of rotatable bonds is 6. The van der Waals surface area contributed by atoms with Crippen molar-refractivity contribution in [2.24, 2.45) is 0 Å². The van der Waals surface area contributed by atoms with Crippen molar-refractivity contribution in [3.63, 3.8) is 0 Å². The summed E-state index contributed by atoms with van der Waals surface area (Å²) in [6.07, 6.45) is 0. The van der Waals surface area contributed by atoms with Gasteiger partial charge in [-0.2, -0.15) is 0 Å². The van der Waals surface area contributed by atoms with Gasteiger partial charge in [0.25, 0.3) is 0 Å². The molecule has 0 unspecified atom stereocenters. The molecule has 0 radical (unpaired) electrons. The monoisotopic (exact) mass is 274 g/mol. The summed E-state index contributed by atoms with van der Waals surface area (Å²) in [7, 11) is 0. The minimum Gasteiger partial charge on any atom is -0.396 e. The quantitative estimate of drug-likeness (QED) is 0.795. The molecule has 4 heteroatoms. The molecular weight excluding hydrogens is 255 g/mol. The molecule has 2 aromatic carbocycles. The van der Waals surface area contributed by atoms with Gasteiger partial charge in [-0.3, -0.25) is 4.90 Å². The van der Waals surface area contributed by atoms with E-state index in [1.165, 1.54) is 0 Å². The molecule has 0 aliphatic carbocycles. The SMILES string of the molecule is Nc1cccc(CN(CCO)Cc2ccccc2)c1F. The second-order valence-electron chi connectivity index (χ2n) is 4.74. The second kappa shape index (κ2) is 7.03. The Bertz CT molecular complexity index is 545. The number of hydrogen-bond donors (Lipinski definition) is 2. The van der Waals surface area contributed by atoms with Crippen molar-refractivity contribution in [1.29, 1.82) is 0 Å². The van der Waals surface area contributed by atoms with Crippen molar-refractivity contribution in [2.75, 3.05) is 18.9 Å². The summed E-state index contributed by atoms with van der Waals surface area (Å²) in [4.78, 5) is 1.99. The zero-order valence-electron chi connectivity index (χ0n) is 11.3. The molecule has 0 heterocycles. The van der Waals surface area contributed by atoms with Crippen LogP contribution in [-0.4, -0.2) is 23.2 Å². The number of halogens is 1. The molecule has 0 amide bonds. The standard InChI is InChI=1S/C16H19FN2O/c17-16-14(7-4-8-15(16)18)12-19(9-10-20)11-13-5-2-1-3-6-13/h1-8,20H,9-12,18H2. The van der Waals surface area contributed by atoms with E-state index >= 15 is 0 Å². The van der Waals surface area contributed by atoms with Crippen molar-refractivity contribution in [1.82, 2.24) is 4.90 Å². The van der Waals surface area contributed by atoms with Crippen LogP contribution in [-0.2, 0) is 13.1 Å². The zero-order chi connectivity index (χ0) is 14.4. The first-order chi connectivity index (χ1) is 9.70. The number of aliphatic hydroxyl groups is 1. The molecular formula is C16H19FN2O. The highest BCUT2D eigenvalue weighted by Gasteiger charge is 2.11. The van der Waals surface area contributed by atoms with Crippen LogP contribution < -0.4 is 5.73 Å². The molecule has 3 N–H and O–H groups in total. The van der Waals surface area contributed by atoms with Crippen LogP contribution in [0.15, 0.2) is 48.5 Å². The van der Waals surface area contributed by atoms with Crippen molar-refractivity contribution >= 4 is 5.69 Å².